The molecule has 4 heteroatoms. The first-order valence-electron chi connectivity index (χ1n) is 11.1. The Bertz CT molecular complexity index is 901. The lowest BCUT2D eigenvalue weighted by Crippen LogP contribution is -2.55. The number of nitrogens with zero attached hydrogens (tertiary/aromatic N) is 2. The number of aromatic nitrogens is 1. The summed E-state index contributed by atoms with van der Waals surface area (Å²) in [7, 11) is 0. The molecule has 6 rings (SSSR count). The highest BCUT2D eigenvalue weighted by atomic mass is 16.5. The molecule has 4 heterocycles. The molecule has 0 amide bonds. The highest BCUT2D eigenvalue weighted by Gasteiger charge is 2.44. The fourth-order valence-electron chi connectivity index (χ4n) is 5.34. The van der Waals surface area contributed by atoms with Gasteiger partial charge >= 0.3 is 5.97 Å². The molecule has 152 valence electrons. The van der Waals surface area contributed by atoms with Crippen LogP contribution in [0.4, 0.5) is 0 Å². The van der Waals surface area contributed by atoms with Gasteiger partial charge in [-0.05, 0) is 55.7 Å². The molecule has 29 heavy (non-hydrogen) atoms. The minimum Gasteiger partial charge on any atom is -0.456 e. The molecule has 3 aliphatic heterocycles. The summed E-state index contributed by atoms with van der Waals surface area (Å²) in [6.07, 6.45) is 10.1. The van der Waals surface area contributed by atoms with E-state index in [2.05, 4.69) is 34.7 Å². The Kier molecular flexibility index (Phi) is 5.13. The summed E-state index contributed by atoms with van der Waals surface area (Å²) in [5, 5.41) is 1.10. The Hall–Kier alpha value is -2.20. The van der Waals surface area contributed by atoms with Crippen LogP contribution in [0.1, 0.15) is 50.2 Å². The van der Waals surface area contributed by atoms with Gasteiger partial charge in [0, 0.05) is 30.1 Å². The minimum absolute atomic E-state index is 0.0503. The zero-order chi connectivity index (χ0) is 19.8. The summed E-state index contributed by atoms with van der Waals surface area (Å²) in [4.78, 5) is 19.8. The number of piperidine rings is 3. The normalized spacial score (nSPS) is 29.5. The number of pyridine rings is 1. The minimum atomic E-state index is -0.233. The van der Waals surface area contributed by atoms with Crippen molar-refractivity contribution in [3.05, 3.63) is 54.7 Å². The highest BCUT2D eigenvalue weighted by molar-refractivity contribution is 5.82. The summed E-state index contributed by atoms with van der Waals surface area (Å²) in [6, 6.07) is 10.5. The lowest BCUT2D eigenvalue weighted by Gasteiger charge is -2.51. The molecule has 2 aromatic rings. The van der Waals surface area contributed by atoms with E-state index in [1.807, 2.05) is 24.4 Å². The predicted molar refractivity (Wildman–Crippen MR) is 114 cm³/mol. The van der Waals surface area contributed by atoms with Crippen molar-refractivity contribution < 1.29 is 9.53 Å². The molecule has 1 saturated carbocycles. The number of para-hydroxylation sites is 1. The van der Waals surface area contributed by atoms with E-state index in [0.29, 0.717) is 18.3 Å². The molecule has 2 bridgehead atoms. The van der Waals surface area contributed by atoms with E-state index in [1.54, 1.807) is 0 Å². The molecule has 4 nitrogen and oxygen atoms in total. The van der Waals surface area contributed by atoms with Gasteiger partial charge in [-0.3, -0.25) is 14.7 Å². The van der Waals surface area contributed by atoms with Crippen LogP contribution < -0.4 is 0 Å². The summed E-state index contributed by atoms with van der Waals surface area (Å²) in [5.74, 6) is 1.89. The Morgan fingerprint density at radius 1 is 1.28 bits per heavy atom. The average Bonchev–Trinajstić information content (AvgIpc) is 3.60. The van der Waals surface area contributed by atoms with Crippen molar-refractivity contribution in [3.63, 3.8) is 0 Å². The summed E-state index contributed by atoms with van der Waals surface area (Å²) >= 11 is 0. The van der Waals surface area contributed by atoms with Gasteiger partial charge in [0.25, 0.3) is 0 Å². The van der Waals surface area contributed by atoms with E-state index in [0.717, 1.165) is 48.3 Å². The van der Waals surface area contributed by atoms with Crippen LogP contribution in [0.15, 0.2) is 49.2 Å². The zero-order valence-corrected chi connectivity index (χ0v) is 17.0. The van der Waals surface area contributed by atoms with Gasteiger partial charge in [0.2, 0.25) is 0 Å². The van der Waals surface area contributed by atoms with Crippen LogP contribution in [0.3, 0.4) is 0 Å². The summed E-state index contributed by atoms with van der Waals surface area (Å²) in [6.45, 7) is 6.15. The van der Waals surface area contributed by atoms with Crippen LogP contribution >= 0.6 is 0 Å². The van der Waals surface area contributed by atoms with Gasteiger partial charge in [0.15, 0.2) is 0 Å². The molecule has 0 radical (unpaired) electrons. The maximum Gasteiger partial charge on any atom is 0.306 e. The third-order valence-electron chi connectivity index (χ3n) is 7.20. The quantitative estimate of drug-likeness (QED) is 0.498. The van der Waals surface area contributed by atoms with Crippen molar-refractivity contribution in [3.8, 4) is 0 Å². The van der Waals surface area contributed by atoms with Crippen molar-refractivity contribution in [1.82, 2.24) is 9.88 Å². The summed E-state index contributed by atoms with van der Waals surface area (Å²) < 4.78 is 6.25. The Balaban J connectivity index is 1.46. The fraction of sp³-hybridized carbons (Fsp3) is 0.520. The van der Waals surface area contributed by atoms with Gasteiger partial charge in [-0.15, -0.1) is 6.58 Å². The van der Waals surface area contributed by atoms with Gasteiger partial charge in [-0.25, -0.2) is 0 Å². The second-order valence-electron chi connectivity index (χ2n) is 9.06. The molecule has 0 N–H and O–H groups in total. The third-order valence-corrected chi connectivity index (χ3v) is 7.20. The monoisotopic (exact) mass is 390 g/mol. The second kappa shape index (κ2) is 7.91. The predicted octanol–water partition coefficient (Wildman–Crippen LogP) is 4.91. The number of ether oxygens (including phenoxy) is 1. The first-order chi connectivity index (χ1) is 14.2. The number of hydrogen-bond acceptors (Lipinski definition) is 4. The van der Waals surface area contributed by atoms with Gasteiger partial charge in [0.05, 0.1) is 11.6 Å². The number of hydrogen-bond donors (Lipinski definition) is 0. The number of esters is 1. The lowest BCUT2D eigenvalue weighted by atomic mass is 9.73. The molecular formula is C25H30N2O2. The number of benzene rings is 1. The summed E-state index contributed by atoms with van der Waals surface area (Å²) in [5.41, 5.74) is 2.06. The molecule has 1 aromatic heterocycles. The van der Waals surface area contributed by atoms with Crippen LogP contribution in [-0.4, -0.2) is 35.0 Å². The average molecular weight is 391 g/mol. The smallest absolute Gasteiger partial charge is 0.306 e. The maximum absolute atomic E-state index is 12.8. The SMILES string of the molecule is C=CC1CN2CCC1CC2C(OC(=O)CCC1CC1)c1ccnc2ccccc12. The van der Waals surface area contributed by atoms with Crippen LogP contribution in [0.2, 0.25) is 0 Å². The first kappa shape index (κ1) is 18.8. The van der Waals surface area contributed by atoms with Crippen molar-refractivity contribution in [2.45, 2.75) is 50.7 Å². The number of fused-ring (bicyclic) bond motifs is 4. The van der Waals surface area contributed by atoms with Gasteiger partial charge < -0.3 is 4.74 Å². The zero-order valence-electron chi connectivity index (χ0n) is 17.0. The topological polar surface area (TPSA) is 42.4 Å². The molecular weight excluding hydrogens is 360 g/mol. The fourth-order valence-corrected chi connectivity index (χ4v) is 5.34. The molecule has 4 aliphatic rings. The van der Waals surface area contributed by atoms with Crippen LogP contribution in [0.5, 0.6) is 0 Å². The van der Waals surface area contributed by atoms with Crippen LogP contribution in [-0.2, 0) is 9.53 Å². The molecule has 4 fully saturated rings. The van der Waals surface area contributed by atoms with Gasteiger partial charge in [0.1, 0.15) is 6.10 Å². The van der Waals surface area contributed by atoms with E-state index in [4.69, 9.17) is 4.74 Å². The molecule has 5 unspecified atom stereocenters. The highest BCUT2D eigenvalue weighted by Crippen LogP contribution is 2.43. The third kappa shape index (κ3) is 3.83. The van der Waals surface area contributed by atoms with Crippen molar-refractivity contribution >= 4 is 16.9 Å². The second-order valence-corrected chi connectivity index (χ2v) is 9.06. The molecule has 3 saturated heterocycles. The number of carbonyl (C=O) groups is 1. The van der Waals surface area contributed by atoms with E-state index in [9.17, 15) is 4.79 Å². The van der Waals surface area contributed by atoms with Crippen LogP contribution in [0, 0.1) is 17.8 Å². The van der Waals surface area contributed by atoms with E-state index < -0.39 is 0 Å². The largest absolute Gasteiger partial charge is 0.456 e. The maximum atomic E-state index is 12.8. The van der Waals surface area contributed by atoms with Crippen molar-refractivity contribution in [1.29, 1.82) is 0 Å². The Morgan fingerprint density at radius 2 is 2.14 bits per heavy atom. The number of carbonyl (C=O) groups excluding carboxylic acids is 1. The molecule has 0 spiro atoms. The standard InChI is InChI=1S/C25H30N2O2/c1-2-18-16-27-14-12-19(18)15-23(27)25(29-24(28)10-9-17-7-8-17)21-11-13-26-22-6-4-3-5-20(21)22/h2-6,11,13,17-19,23,25H,1,7-10,12,14-16H2. The van der Waals surface area contributed by atoms with E-state index >= 15 is 0 Å². The molecule has 1 aliphatic carbocycles. The van der Waals surface area contributed by atoms with Crippen LogP contribution in [0.25, 0.3) is 10.9 Å². The van der Waals surface area contributed by atoms with E-state index in [-0.39, 0.29) is 18.1 Å². The lowest BCUT2D eigenvalue weighted by molar-refractivity contribution is -0.157. The van der Waals surface area contributed by atoms with Gasteiger partial charge in [-0.2, -0.15) is 0 Å². The van der Waals surface area contributed by atoms with Crippen molar-refractivity contribution in [2.75, 3.05) is 13.1 Å². The van der Waals surface area contributed by atoms with Gasteiger partial charge in [-0.1, -0.05) is 37.1 Å². The Labute approximate surface area is 172 Å². The van der Waals surface area contributed by atoms with E-state index in [1.165, 1.54) is 19.3 Å². The first-order valence-corrected chi connectivity index (χ1v) is 11.1. The Morgan fingerprint density at radius 3 is 2.90 bits per heavy atom. The number of rotatable bonds is 7. The van der Waals surface area contributed by atoms with Crippen molar-refractivity contribution in [2.24, 2.45) is 17.8 Å². The molecule has 1 aromatic carbocycles. The molecule has 5 atom stereocenters.